The molecule has 15 heavy (non-hydrogen) atoms. The fourth-order valence-electron chi connectivity index (χ4n) is 1.44. The van der Waals surface area contributed by atoms with Crippen molar-refractivity contribution in [3.63, 3.8) is 0 Å². The van der Waals surface area contributed by atoms with E-state index in [1.54, 1.807) is 6.20 Å². The molecule has 0 saturated carbocycles. The van der Waals surface area contributed by atoms with E-state index >= 15 is 0 Å². The molecule has 1 heterocycles. The SMILES string of the molecule is C[CH]c1ccc(-c2cncc(Cl)c2)cc1. The van der Waals surface area contributed by atoms with Gasteiger partial charge in [-0.05, 0) is 23.6 Å². The first-order valence-electron chi connectivity index (χ1n) is 4.80. The highest BCUT2D eigenvalue weighted by Crippen LogP contribution is 2.21. The molecule has 1 radical (unpaired) electrons. The molecule has 0 unspecified atom stereocenters. The summed E-state index contributed by atoms with van der Waals surface area (Å²) in [5, 5.41) is 0.665. The van der Waals surface area contributed by atoms with Crippen molar-refractivity contribution >= 4 is 11.6 Å². The van der Waals surface area contributed by atoms with Gasteiger partial charge in [0, 0.05) is 18.0 Å². The number of benzene rings is 1. The normalized spacial score (nSPS) is 10.3. The maximum absolute atomic E-state index is 5.88. The van der Waals surface area contributed by atoms with Gasteiger partial charge in [-0.25, -0.2) is 0 Å². The van der Waals surface area contributed by atoms with E-state index in [0.717, 1.165) is 11.1 Å². The molecule has 0 aliphatic rings. The summed E-state index contributed by atoms with van der Waals surface area (Å²) in [6, 6.07) is 10.2. The van der Waals surface area contributed by atoms with E-state index in [1.165, 1.54) is 5.56 Å². The van der Waals surface area contributed by atoms with Gasteiger partial charge in [0.05, 0.1) is 5.02 Å². The second-order valence-corrected chi connectivity index (χ2v) is 3.74. The summed E-state index contributed by atoms with van der Waals surface area (Å²) in [7, 11) is 0. The Bertz CT molecular complexity index is 448. The molecular formula is C13H11ClN. The minimum absolute atomic E-state index is 0.665. The van der Waals surface area contributed by atoms with Crippen LogP contribution in [-0.4, -0.2) is 4.98 Å². The molecule has 2 rings (SSSR count). The Morgan fingerprint density at radius 2 is 1.80 bits per heavy atom. The van der Waals surface area contributed by atoms with Crippen LogP contribution in [0.1, 0.15) is 12.5 Å². The summed E-state index contributed by atoms with van der Waals surface area (Å²) >= 11 is 5.88. The number of halogens is 1. The predicted molar refractivity (Wildman–Crippen MR) is 63.8 cm³/mol. The van der Waals surface area contributed by atoms with Crippen LogP contribution in [0.5, 0.6) is 0 Å². The van der Waals surface area contributed by atoms with Gasteiger partial charge in [0.15, 0.2) is 0 Å². The van der Waals surface area contributed by atoms with Crippen molar-refractivity contribution < 1.29 is 0 Å². The first-order chi connectivity index (χ1) is 7.29. The molecule has 1 nitrogen and oxygen atoms in total. The Kier molecular flexibility index (Phi) is 3.02. The quantitative estimate of drug-likeness (QED) is 0.740. The lowest BCUT2D eigenvalue weighted by Crippen LogP contribution is -1.81. The van der Waals surface area contributed by atoms with Crippen molar-refractivity contribution in [2.45, 2.75) is 6.92 Å². The number of aromatic nitrogens is 1. The summed E-state index contributed by atoms with van der Waals surface area (Å²) in [4.78, 5) is 4.06. The highest BCUT2D eigenvalue weighted by atomic mass is 35.5. The molecule has 0 aliphatic heterocycles. The molecular weight excluding hydrogens is 206 g/mol. The lowest BCUT2D eigenvalue weighted by molar-refractivity contribution is 1.33. The molecule has 0 N–H and O–H groups in total. The van der Waals surface area contributed by atoms with Crippen molar-refractivity contribution in [2.24, 2.45) is 0 Å². The number of hydrogen-bond acceptors (Lipinski definition) is 1. The third kappa shape index (κ3) is 2.37. The van der Waals surface area contributed by atoms with Gasteiger partial charge in [0.2, 0.25) is 0 Å². The molecule has 0 spiro atoms. The highest BCUT2D eigenvalue weighted by Gasteiger charge is 1.98. The van der Waals surface area contributed by atoms with Gasteiger partial charge in [0.1, 0.15) is 0 Å². The Balaban J connectivity index is 2.37. The Hall–Kier alpha value is -1.34. The second-order valence-electron chi connectivity index (χ2n) is 3.30. The average molecular weight is 217 g/mol. The van der Waals surface area contributed by atoms with E-state index in [1.807, 2.05) is 19.2 Å². The minimum atomic E-state index is 0.665. The van der Waals surface area contributed by atoms with Crippen LogP contribution in [0.3, 0.4) is 0 Å². The number of hydrogen-bond donors (Lipinski definition) is 0. The van der Waals surface area contributed by atoms with Crippen LogP contribution in [0, 0.1) is 6.42 Å². The molecule has 0 amide bonds. The van der Waals surface area contributed by atoms with Gasteiger partial charge in [-0.15, -0.1) is 0 Å². The van der Waals surface area contributed by atoms with E-state index < -0.39 is 0 Å². The van der Waals surface area contributed by atoms with Crippen molar-refractivity contribution in [1.29, 1.82) is 0 Å². The lowest BCUT2D eigenvalue weighted by atomic mass is 10.0. The molecule has 2 aromatic rings. The molecule has 0 aliphatic carbocycles. The summed E-state index contributed by atoms with van der Waals surface area (Å²) < 4.78 is 0. The Morgan fingerprint density at radius 3 is 2.40 bits per heavy atom. The maximum atomic E-state index is 5.88. The average Bonchev–Trinajstić information content (AvgIpc) is 2.29. The van der Waals surface area contributed by atoms with Gasteiger partial charge in [-0.1, -0.05) is 42.8 Å². The molecule has 1 aromatic heterocycles. The first-order valence-corrected chi connectivity index (χ1v) is 5.18. The molecule has 0 saturated heterocycles. The van der Waals surface area contributed by atoms with Gasteiger partial charge >= 0.3 is 0 Å². The summed E-state index contributed by atoms with van der Waals surface area (Å²) in [5.74, 6) is 0. The Morgan fingerprint density at radius 1 is 1.07 bits per heavy atom. The van der Waals surface area contributed by atoms with E-state index in [4.69, 9.17) is 11.6 Å². The van der Waals surface area contributed by atoms with E-state index in [2.05, 4.69) is 35.7 Å². The van der Waals surface area contributed by atoms with Crippen molar-refractivity contribution in [3.05, 3.63) is 59.7 Å². The highest BCUT2D eigenvalue weighted by molar-refractivity contribution is 6.30. The standard InChI is InChI=1S/C13H11ClN/c1-2-10-3-5-11(6-4-10)12-7-13(14)9-15-8-12/h2-9H,1H3. The molecule has 75 valence electrons. The van der Waals surface area contributed by atoms with E-state index in [9.17, 15) is 0 Å². The molecule has 0 atom stereocenters. The van der Waals surface area contributed by atoms with Crippen molar-refractivity contribution in [1.82, 2.24) is 4.98 Å². The van der Waals surface area contributed by atoms with Gasteiger partial charge < -0.3 is 0 Å². The zero-order chi connectivity index (χ0) is 10.7. The fourth-order valence-corrected chi connectivity index (χ4v) is 1.61. The summed E-state index contributed by atoms with van der Waals surface area (Å²) in [5.41, 5.74) is 3.40. The fraction of sp³-hybridized carbons (Fsp3) is 0.0769. The summed E-state index contributed by atoms with van der Waals surface area (Å²) in [6.07, 6.45) is 5.52. The van der Waals surface area contributed by atoms with Gasteiger partial charge in [-0.3, -0.25) is 4.98 Å². The van der Waals surface area contributed by atoms with Crippen LogP contribution in [0.4, 0.5) is 0 Å². The number of nitrogens with zero attached hydrogens (tertiary/aromatic N) is 1. The third-order valence-corrected chi connectivity index (χ3v) is 2.49. The largest absolute Gasteiger partial charge is 0.263 e. The van der Waals surface area contributed by atoms with Crippen molar-refractivity contribution in [2.75, 3.05) is 0 Å². The van der Waals surface area contributed by atoms with Crippen LogP contribution < -0.4 is 0 Å². The van der Waals surface area contributed by atoms with Crippen LogP contribution in [0.25, 0.3) is 11.1 Å². The van der Waals surface area contributed by atoms with Gasteiger partial charge in [-0.2, -0.15) is 0 Å². The number of pyridine rings is 1. The van der Waals surface area contributed by atoms with Crippen LogP contribution in [0.2, 0.25) is 5.02 Å². The van der Waals surface area contributed by atoms with Crippen molar-refractivity contribution in [3.8, 4) is 11.1 Å². The van der Waals surface area contributed by atoms with E-state index in [0.29, 0.717) is 5.02 Å². The van der Waals surface area contributed by atoms with Crippen LogP contribution >= 0.6 is 11.6 Å². The zero-order valence-corrected chi connectivity index (χ0v) is 9.20. The van der Waals surface area contributed by atoms with E-state index in [-0.39, 0.29) is 0 Å². The molecule has 0 bridgehead atoms. The molecule has 0 fully saturated rings. The smallest absolute Gasteiger partial charge is 0.0595 e. The monoisotopic (exact) mass is 216 g/mol. The molecule has 1 aromatic carbocycles. The topological polar surface area (TPSA) is 12.9 Å². The van der Waals surface area contributed by atoms with Crippen LogP contribution in [-0.2, 0) is 0 Å². The molecule has 2 heteroatoms. The third-order valence-electron chi connectivity index (χ3n) is 2.28. The second kappa shape index (κ2) is 4.45. The maximum Gasteiger partial charge on any atom is 0.0595 e. The number of rotatable bonds is 2. The van der Waals surface area contributed by atoms with Crippen LogP contribution in [0.15, 0.2) is 42.7 Å². The van der Waals surface area contributed by atoms with Gasteiger partial charge in [0.25, 0.3) is 0 Å². The zero-order valence-electron chi connectivity index (χ0n) is 8.44. The first kappa shape index (κ1) is 10.2. The summed E-state index contributed by atoms with van der Waals surface area (Å²) in [6.45, 7) is 2.02. The predicted octanol–water partition coefficient (Wildman–Crippen LogP) is 3.97. The lowest BCUT2D eigenvalue weighted by Gasteiger charge is -2.02. The minimum Gasteiger partial charge on any atom is -0.263 e. The Labute approximate surface area is 94.7 Å².